The Balaban J connectivity index is 1.92. The summed E-state index contributed by atoms with van der Waals surface area (Å²) in [6.45, 7) is 4.29. The molecule has 0 aromatic heterocycles. The number of hydrogen-bond acceptors (Lipinski definition) is 3. The number of aliphatic hydroxyl groups is 1. The van der Waals surface area contributed by atoms with Crippen molar-refractivity contribution in [2.75, 3.05) is 33.3 Å². The van der Waals surface area contributed by atoms with Gasteiger partial charge in [-0.15, -0.1) is 0 Å². The summed E-state index contributed by atoms with van der Waals surface area (Å²) in [5.74, 6) is 0. The third kappa shape index (κ3) is 4.28. The predicted molar refractivity (Wildman–Crippen MR) is 82.2 cm³/mol. The molecule has 1 N–H and O–H groups in total. The first kappa shape index (κ1) is 15.0. The maximum Gasteiger partial charge on any atom is 0.0558 e. The highest BCUT2D eigenvalue weighted by Crippen LogP contribution is 2.21. The van der Waals surface area contributed by atoms with E-state index in [2.05, 4.69) is 57.0 Å². The molecule has 0 radical (unpaired) electrons. The third-order valence-corrected chi connectivity index (χ3v) is 4.68. The van der Waals surface area contributed by atoms with Crippen LogP contribution in [0.15, 0.2) is 28.7 Å². The Morgan fingerprint density at radius 2 is 2.21 bits per heavy atom. The van der Waals surface area contributed by atoms with Gasteiger partial charge in [-0.25, -0.2) is 0 Å². The van der Waals surface area contributed by atoms with Crippen LogP contribution < -0.4 is 0 Å². The first-order chi connectivity index (χ1) is 9.20. The highest BCUT2D eigenvalue weighted by molar-refractivity contribution is 9.10. The zero-order valence-corrected chi connectivity index (χ0v) is 13.1. The molecule has 1 aromatic rings. The lowest BCUT2D eigenvalue weighted by Crippen LogP contribution is -2.46. The molecule has 1 aromatic carbocycles. The van der Waals surface area contributed by atoms with E-state index < -0.39 is 0 Å². The summed E-state index contributed by atoms with van der Waals surface area (Å²) in [5.41, 5.74) is 1.35. The van der Waals surface area contributed by atoms with E-state index in [0.717, 1.165) is 19.6 Å². The Bertz CT molecular complexity index is 399. The SMILES string of the molecule is CN(CCO)C1CCCN(Cc2ccccc2Br)C1. The molecule has 1 saturated heterocycles. The number of aliphatic hydroxyl groups excluding tert-OH is 1. The van der Waals surface area contributed by atoms with Gasteiger partial charge in [-0.05, 0) is 38.1 Å². The van der Waals surface area contributed by atoms with E-state index >= 15 is 0 Å². The second-order valence-corrected chi connectivity index (χ2v) is 6.18. The van der Waals surface area contributed by atoms with E-state index in [1.165, 1.54) is 29.4 Å². The molecule has 0 amide bonds. The number of benzene rings is 1. The molecule has 0 bridgehead atoms. The lowest BCUT2D eigenvalue weighted by Gasteiger charge is -2.37. The second-order valence-electron chi connectivity index (χ2n) is 5.33. The number of halogens is 1. The minimum Gasteiger partial charge on any atom is -0.395 e. The summed E-state index contributed by atoms with van der Waals surface area (Å²) in [6.07, 6.45) is 2.48. The average molecular weight is 327 g/mol. The van der Waals surface area contributed by atoms with Gasteiger partial charge in [0, 0.05) is 30.1 Å². The van der Waals surface area contributed by atoms with Gasteiger partial charge in [-0.3, -0.25) is 9.80 Å². The fraction of sp³-hybridized carbons (Fsp3) is 0.600. The van der Waals surface area contributed by atoms with Crippen molar-refractivity contribution in [1.29, 1.82) is 0 Å². The lowest BCUT2D eigenvalue weighted by molar-refractivity contribution is 0.0969. The quantitative estimate of drug-likeness (QED) is 0.899. The van der Waals surface area contributed by atoms with Crippen molar-refractivity contribution in [3.05, 3.63) is 34.3 Å². The number of piperidine rings is 1. The van der Waals surface area contributed by atoms with Crippen molar-refractivity contribution in [1.82, 2.24) is 9.80 Å². The van der Waals surface area contributed by atoms with Crippen LogP contribution in [0.2, 0.25) is 0 Å². The summed E-state index contributed by atoms with van der Waals surface area (Å²) in [6, 6.07) is 9.02. The number of likely N-dealkylation sites (tertiary alicyclic amines) is 1. The van der Waals surface area contributed by atoms with Gasteiger partial charge in [0.05, 0.1) is 6.61 Å². The van der Waals surface area contributed by atoms with E-state index in [-0.39, 0.29) is 6.61 Å². The Kier molecular flexibility index (Phi) is 5.82. The smallest absolute Gasteiger partial charge is 0.0558 e. The average Bonchev–Trinajstić information content (AvgIpc) is 2.42. The Labute approximate surface area is 124 Å². The molecule has 3 nitrogen and oxygen atoms in total. The lowest BCUT2D eigenvalue weighted by atomic mass is 10.0. The van der Waals surface area contributed by atoms with Gasteiger partial charge in [-0.1, -0.05) is 34.1 Å². The largest absolute Gasteiger partial charge is 0.395 e. The van der Waals surface area contributed by atoms with Crippen molar-refractivity contribution < 1.29 is 5.11 Å². The van der Waals surface area contributed by atoms with Crippen LogP contribution in [0.4, 0.5) is 0 Å². The van der Waals surface area contributed by atoms with E-state index in [9.17, 15) is 0 Å². The van der Waals surface area contributed by atoms with E-state index in [1.54, 1.807) is 0 Å². The van der Waals surface area contributed by atoms with Gasteiger partial charge in [-0.2, -0.15) is 0 Å². The number of likely N-dealkylation sites (N-methyl/N-ethyl adjacent to an activating group) is 1. The number of hydrogen-bond donors (Lipinski definition) is 1. The van der Waals surface area contributed by atoms with Crippen molar-refractivity contribution in [3.63, 3.8) is 0 Å². The minimum atomic E-state index is 0.247. The molecule has 1 aliphatic rings. The van der Waals surface area contributed by atoms with Crippen LogP contribution in [0.3, 0.4) is 0 Å². The Morgan fingerprint density at radius 3 is 2.95 bits per heavy atom. The summed E-state index contributed by atoms with van der Waals surface area (Å²) in [7, 11) is 2.11. The van der Waals surface area contributed by atoms with Crippen LogP contribution in [0.25, 0.3) is 0 Å². The fourth-order valence-electron chi connectivity index (χ4n) is 2.74. The molecule has 1 heterocycles. The van der Waals surface area contributed by atoms with Crippen LogP contribution in [0.5, 0.6) is 0 Å². The van der Waals surface area contributed by atoms with Crippen LogP contribution in [-0.2, 0) is 6.54 Å². The van der Waals surface area contributed by atoms with Gasteiger partial charge < -0.3 is 5.11 Å². The van der Waals surface area contributed by atoms with Gasteiger partial charge in [0.15, 0.2) is 0 Å². The molecular weight excluding hydrogens is 304 g/mol. The van der Waals surface area contributed by atoms with E-state index in [1.807, 2.05) is 0 Å². The van der Waals surface area contributed by atoms with Crippen molar-refractivity contribution in [2.24, 2.45) is 0 Å². The molecule has 1 atom stereocenters. The number of rotatable bonds is 5. The predicted octanol–water partition coefficient (Wildman–Crippen LogP) is 2.34. The monoisotopic (exact) mass is 326 g/mol. The van der Waals surface area contributed by atoms with Crippen molar-refractivity contribution >= 4 is 15.9 Å². The van der Waals surface area contributed by atoms with Gasteiger partial charge in [0.1, 0.15) is 0 Å². The second kappa shape index (κ2) is 7.39. The molecule has 1 fully saturated rings. The first-order valence-corrected chi connectivity index (χ1v) is 7.77. The molecule has 0 spiro atoms. The molecule has 4 heteroatoms. The Morgan fingerprint density at radius 1 is 1.42 bits per heavy atom. The Hall–Kier alpha value is -0.420. The summed E-state index contributed by atoms with van der Waals surface area (Å²) < 4.78 is 1.20. The van der Waals surface area contributed by atoms with Gasteiger partial charge in [0.2, 0.25) is 0 Å². The minimum absolute atomic E-state index is 0.247. The van der Waals surface area contributed by atoms with Crippen LogP contribution in [0.1, 0.15) is 18.4 Å². The first-order valence-electron chi connectivity index (χ1n) is 6.97. The van der Waals surface area contributed by atoms with Crippen LogP contribution >= 0.6 is 15.9 Å². The zero-order valence-electron chi connectivity index (χ0n) is 11.6. The van der Waals surface area contributed by atoms with Crippen molar-refractivity contribution in [2.45, 2.75) is 25.4 Å². The molecule has 1 unspecified atom stereocenters. The molecule has 2 rings (SSSR count). The standard InChI is InChI=1S/C15H23BrN2O/c1-17(9-10-19)14-6-4-8-18(12-14)11-13-5-2-3-7-15(13)16/h2-3,5,7,14,19H,4,6,8-12H2,1H3. The van der Waals surface area contributed by atoms with Gasteiger partial charge in [0.25, 0.3) is 0 Å². The summed E-state index contributed by atoms with van der Waals surface area (Å²) in [5, 5.41) is 9.04. The maximum absolute atomic E-state index is 9.04. The van der Waals surface area contributed by atoms with Crippen LogP contribution in [0, 0.1) is 0 Å². The molecule has 0 saturated carbocycles. The number of nitrogens with zero attached hydrogens (tertiary/aromatic N) is 2. The zero-order chi connectivity index (χ0) is 13.7. The maximum atomic E-state index is 9.04. The summed E-state index contributed by atoms with van der Waals surface area (Å²) >= 11 is 3.62. The van der Waals surface area contributed by atoms with E-state index in [0.29, 0.717) is 6.04 Å². The van der Waals surface area contributed by atoms with Gasteiger partial charge >= 0.3 is 0 Å². The molecule has 19 heavy (non-hydrogen) atoms. The van der Waals surface area contributed by atoms with Crippen molar-refractivity contribution in [3.8, 4) is 0 Å². The topological polar surface area (TPSA) is 26.7 Å². The third-order valence-electron chi connectivity index (χ3n) is 3.91. The molecule has 1 aliphatic heterocycles. The summed E-state index contributed by atoms with van der Waals surface area (Å²) in [4.78, 5) is 4.80. The highest BCUT2D eigenvalue weighted by atomic mass is 79.9. The van der Waals surface area contributed by atoms with E-state index in [4.69, 9.17) is 5.11 Å². The molecule has 0 aliphatic carbocycles. The molecular formula is C15H23BrN2O. The highest BCUT2D eigenvalue weighted by Gasteiger charge is 2.23. The normalized spacial score (nSPS) is 20.9. The van der Waals surface area contributed by atoms with Crippen LogP contribution in [-0.4, -0.2) is 54.2 Å². The fourth-order valence-corrected chi connectivity index (χ4v) is 3.15. The molecule has 106 valence electrons.